The molecule has 0 aromatic heterocycles. The molecule has 1 aliphatic heterocycles. The third-order valence-electron chi connectivity index (χ3n) is 4.97. The Balaban J connectivity index is 2.01. The molecule has 0 bridgehead atoms. The molecule has 164 valence electrons. The summed E-state index contributed by atoms with van der Waals surface area (Å²) >= 11 is 7.20. The molecule has 0 radical (unpaired) electrons. The Morgan fingerprint density at radius 2 is 1.75 bits per heavy atom. The zero-order valence-electron chi connectivity index (χ0n) is 17.3. The standard InChI is InChI=1S/C23H19ClN2O5S/c1-30-22(28)15-7-5-14(6-8-15)18-17(11-25)21(26-20(27)19(18)23(29)31-2)32-12-13-3-9-16(24)10-4-13/h3-10,18-19H,12H2,1-2H3,(H,26,27)/t18-,19+/m0/s1. The van der Waals surface area contributed by atoms with Crippen molar-refractivity contribution in [3.63, 3.8) is 0 Å². The van der Waals surface area contributed by atoms with Crippen LogP contribution >= 0.6 is 23.4 Å². The van der Waals surface area contributed by atoms with Crippen molar-refractivity contribution in [2.24, 2.45) is 5.92 Å². The van der Waals surface area contributed by atoms with Gasteiger partial charge in [0, 0.05) is 16.7 Å². The summed E-state index contributed by atoms with van der Waals surface area (Å²) in [5.74, 6) is -3.44. The molecule has 2 aromatic carbocycles. The molecule has 2 atom stereocenters. The molecule has 2 aromatic rings. The predicted molar refractivity (Wildman–Crippen MR) is 120 cm³/mol. The zero-order chi connectivity index (χ0) is 23.3. The summed E-state index contributed by atoms with van der Waals surface area (Å²) in [5.41, 5.74) is 2.03. The summed E-state index contributed by atoms with van der Waals surface area (Å²) in [5, 5.41) is 13.6. The molecule has 32 heavy (non-hydrogen) atoms. The Morgan fingerprint density at radius 1 is 1.09 bits per heavy atom. The molecular formula is C23H19ClN2O5S. The number of nitriles is 1. The van der Waals surface area contributed by atoms with Crippen LogP contribution < -0.4 is 5.32 Å². The van der Waals surface area contributed by atoms with Crippen molar-refractivity contribution in [2.45, 2.75) is 11.7 Å². The lowest BCUT2D eigenvalue weighted by Gasteiger charge is -2.31. The molecule has 1 N–H and O–H groups in total. The molecule has 0 fully saturated rings. The quantitative estimate of drug-likeness (QED) is 0.505. The highest BCUT2D eigenvalue weighted by Crippen LogP contribution is 2.40. The third kappa shape index (κ3) is 4.96. The van der Waals surface area contributed by atoms with Crippen molar-refractivity contribution >= 4 is 41.2 Å². The first-order valence-corrected chi connectivity index (χ1v) is 10.8. The van der Waals surface area contributed by atoms with Crippen molar-refractivity contribution in [3.05, 3.63) is 80.8 Å². The van der Waals surface area contributed by atoms with Crippen LogP contribution in [-0.4, -0.2) is 32.1 Å². The van der Waals surface area contributed by atoms with Crippen molar-refractivity contribution < 1.29 is 23.9 Å². The van der Waals surface area contributed by atoms with Gasteiger partial charge in [0.25, 0.3) is 0 Å². The van der Waals surface area contributed by atoms with Crippen LogP contribution in [0.25, 0.3) is 0 Å². The number of halogens is 1. The average Bonchev–Trinajstić information content (AvgIpc) is 2.82. The van der Waals surface area contributed by atoms with Crippen molar-refractivity contribution in [2.75, 3.05) is 14.2 Å². The number of methoxy groups -OCH3 is 2. The molecule has 1 heterocycles. The Kier molecular flexibility index (Phi) is 7.57. The van der Waals surface area contributed by atoms with Crippen LogP contribution in [0.2, 0.25) is 5.02 Å². The first-order valence-electron chi connectivity index (χ1n) is 9.48. The minimum absolute atomic E-state index is 0.241. The summed E-state index contributed by atoms with van der Waals surface area (Å²) in [6.07, 6.45) is 0. The van der Waals surface area contributed by atoms with E-state index in [0.717, 1.165) is 5.56 Å². The second-order valence-corrected chi connectivity index (χ2v) is 8.27. The number of nitrogens with zero attached hydrogens (tertiary/aromatic N) is 1. The number of hydrogen-bond donors (Lipinski definition) is 1. The highest BCUT2D eigenvalue weighted by atomic mass is 35.5. The Hall–Kier alpha value is -3.28. The molecule has 1 aliphatic rings. The van der Waals surface area contributed by atoms with Gasteiger partial charge in [-0.15, -0.1) is 11.8 Å². The molecule has 0 saturated carbocycles. The maximum Gasteiger partial charge on any atom is 0.337 e. The second-order valence-electron chi connectivity index (χ2n) is 6.85. The number of amides is 1. The first kappa shape index (κ1) is 23.4. The highest BCUT2D eigenvalue weighted by molar-refractivity contribution is 8.02. The SMILES string of the molecule is COC(=O)c1ccc([C@H]2C(C#N)=C(SCc3ccc(Cl)cc3)NC(=O)[C@@H]2C(=O)OC)cc1. The number of nitrogens with one attached hydrogen (secondary N) is 1. The summed E-state index contributed by atoms with van der Waals surface area (Å²) < 4.78 is 9.54. The van der Waals surface area contributed by atoms with Gasteiger partial charge >= 0.3 is 11.9 Å². The van der Waals surface area contributed by atoms with E-state index in [2.05, 4.69) is 11.4 Å². The van der Waals surface area contributed by atoms with Gasteiger partial charge in [-0.2, -0.15) is 5.26 Å². The molecule has 0 saturated heterocycles. The molecule has 1 amide bonds. The fraction of sp³-hybridized carbons (Fsp3) is 0.217. The number of benzene rings is 2. The number of esters is 2. The molecule has 0 aliphatic carbocycles. The second kappa shape index (κ2) is 10.4. The summed E-state index contributed by atoms with van der Waals surface area (Å²) in [6, 6.07) is 15.6. The van der Waals surface area contributed by atoms with Gasteiger partial charge in [-0.1, -0.05) is 35.9 Å². The summed E-state index contributed by atoms with van der Waals surface area (Å²) in [6.45, 7) is 0. The first-order chi connectivity index (χ1) is 15.4. The average molecular weight is 471 g/mol. The number of allylic oxidation sites excluding steroid dienone is 1. The largest absolute Gasteiger partial charge is 0.468 e. The lowest BCUT2D eigenvalue weighted by molar-refractivity contribution is -0.150. The Morgan fingerprint density at radius 3 is 2.31 bits per heavy atom. The van der Waals surface area contributed by atoms with Gasteiger partial charge in [-0.05, 0) is 35.4 Å². The Bertz CT molecular complexity index is 1110. The molecule has 3 rings (SSSR count). The van der Waals surface area contributed by atoms with Crippen LogP contribution in [0.15, 0.2) is 59.1 Å². The number of carbonyl (C=O) groups is 3. The van der Waals surface area contributed by atoms with Crippen molar-refractivity contribution in [1.82, 2.24) is 5.32 Å². The monoisotopic (exact) mass is 470 g/mol. The lowest BCUT2D eigenvalue weighted by atomic mass is 9.78. The number of rotatable bonds is 6. The lowest BCUT2D eigenvalue weighted by Crippen LogP contribution is -2.44. The van der Waals surface area contributed by atoms with Crippen molar-refractivity contribution in [3.8, 4) is 6.07 Å². The van der Waals surface area contributed by atoms with Gasteiger partial charge in [0.05, 0.1) is 36.5 Å². The number of hydrogen-bond acceptors (Lipinski definition) is 7. The van der Waals surface area contributed by atoms with E-state index < -0.39 is 29.7 Å². The van der Waals surface area contributed by atoms with Gasteiger partial charge in [0.15, 0.2) is 0 Å². The van der Waals surface area contributed by atoms with Crippen molar-refractivity contribution in [1.29, 1.82) is 5.26 Å². The predicted octanol–water partition coefficient (Wildman–Crippen LogP) is 3.80. The van der Waals surface area contributed by atoms with Gasteiger partial charge in [-0.3, -0.25) is 9.59 Å². The normalized spacial score (nSPS) is 17.9. The van der Waals surface area contributed by atoms with Gasteiger partial charge in [-0.25, -0.2) is 4.79 Å². The zero-order valence-corrected chi connectivity index (χ0v) is 18.8. The van der Waals surface area contributed by atoms with E-state index in [1.54, 1.807) is 24.3 Å². The number of ether oxygens (including phenoxy) is 2. The third-order valence-corrected chi connectivity index (χ3v) is 6.31. The van der Waals surface area contributed by atoms with E-state index in [4.69, 9.17) is 21.1 Å². The molecular weight excluding hydrogens is 452 g/mol. The van der Waals surface area contributed by atoms with Crippen LogP contribution in [0, 0.1) is 17.2 Å². The van der Waals surface area contributed by atoms with E-state index >= 15 is 0 Å². The van der Waals surface area contributed by atoms with Crippen LogP contribution in [0.5, 0.6) is 0 Å². The topological polar surface area (TPSA) is 105 Å². The van der Waals surface area contributed by atoms with Crippen LogP contribution in [0.3, 0.4) is 0 Å². The fourth-order valence-corrected chi connectivity index (χ4v) is 4.49. The molecule has 9 heteroatoms. The smallest absolute Gasteiger partial charge is 0.337 e. The molecule has 0 spiro atoms. The maximum absolute atomic E-state index is 12.9. The van der Waals surface area contributed by atoms with Crippen LogP contribution in [0.1, 0.15) is 27.4 Å². The highest BCUT2D eigenvalue weighted by Gasteiger charge is 2.44. The van der Waals surface area contributed by atoms with E-state index in [9.17, 15) is 19.6 Å². The molecule has 7 nitrogen and oxygen atoms in total. The van der Waals surface area contributed by atoms with Crippen LogP contribution in [0.4, 0.5) is 0 Å². The minimum atomic E-state index is -1.24. The van der Waals surface area contributed by atoms with Crippen LogP contribution in [-0.2, 0) is 24.8 Å². The summed E-state index contributed by atoms with van der Waals surface area (Å²) in [7, 11) is 2.46. The van der Waals surface area contributed by atoms with Gasteiger partial charge < -0.3 is 14.8 Å². The van der Waals surface area contributed by atoms with E-state index in [0.29, 0.717) is 26.9 Å². The summed E-state index contributed by atoms with van der Waals surface area (Å²) in [4.78, 5) is 37.1. The minimum Gasteiger partial charge on any atom is -0.468 e. The van der Waals surface area contributed by atoms with Gasteiger partial charge in [0.1, 0.15) is 5.92 Å². The van der Waals surface area contributed by atoms with Gasteiger partial charge in [0.2, 0.25) is 5.91 Å². The molecule has 0 unspecified atom stereocenters. The number of carbonyl (C=O) groups excluding carboxylic acids is 3. The van der Waals surface area contributed by atoms with E-state index in [1.165, 1.54) is 38.1 Å². The number of thioether (sulfide) groups is 1. The van der Waals surface area contributed by atoms with E-state index in [1.807, 2.05) is 12.1 Å². The fourth-order valence-electron chi connectivity index (χ4n) is 3.36. The maximum atomic E-state index is 12.9. The Labute approximate surface area is 194 Å². The van der Waals surface area contributed by atoms with E-state index in [-0.39, 0.29) is 5.57 Å².